The van der Waals surface area contributed by atoms with E-state index in [1.165, 1.54) is 29.2 Å². The van der Waals surface area contributed by atoms with Gasteiger partial charge in [-0.05, 0) is 54.8 Å². The third-order valence-electron chi connectivity index (χ3n) is 5.86. The second-order valence-corrected chi connectivity index (χ2v) is 10.4. The average Bonchev–Trinajstić information content (AvgIpc) is 2.92. The van der Waals surface area contributed by atoms with E-state index in [9.17, 15) is 22.4 Å². The van der Waals surface area contributed by atoms with Gasteiger partial charge in [-0.1, -0.05) is 62.4 Å². The molecule has 0 radical (unpaired) electrons. The number of anilines is 1. The van der Waals surface area contributed by atoms with Crippen LogP contribution in [0.25, 0.3) is 0 Å². The van der Waals surface area contributed by atoms with Crippen molar-refractivity contribution in [2.45, 2.75) is 44.2 Å². The molecule has 3 aromatic rings. The summed E-state index contributed by atoms with van der Waals surface area (Å²) in [7, 11) is -4.17. The monoisotopic (exact) mass is 525 g/mol. The van der Waals surface area contributed by atoms with Crippen LogP contribution in [0.2, 0.25) is 0 Å². The Bertz CT molecular complexity index is 1270. The van der Waals surface area contributed by atoms with E-state index in [4.69, 9.17) is 0 Å². The maximum atomic E-state index is 13.8. The quantitative estimate of drug-likeness (QED) is 0.381. The van der Waals surface area contributed by atoms with Crippen LogP contribution < -0.4 is 9.62 Å². The Balaban J connectivity index is 2.02. The Morgan fingerprint density at radius 1 is 0.892 bits per heavy atom. The molecule has 0 aliphatic carbocycles. The van der Waals surface area contributed by atoms with Crippen LogP contribution in [0.15, 0.2) is 89.8 Å². The van der Waals surface area contributed by atoms with Gasteiger partial charge >= 0.3 is 0 Å². The molecule has 0 saturated carbocycles. The zero-order valence-electron chi connectivity index (χ0n) is 21.0. The largest absolute Gasteiger partial charge is 0.354 e. The Hall–Kier alpha value is -3.72. The number of nitrogens with zero attached hydrogens (tertiary/aromatic N) is 2. The van der Waals surface area contributed by atoms with Crippen LogP contribution in [0.5, 0.6) is 0 Å². The first-order valence-corrected chi connectivity index (χ1v) is 13.7. The Morgan fingerprint density at radius 2 is 1.49 bits per heavy atom. The molecule has 0 saturated heterocycles. The lowest BCUT2D eigenvalue weighted by molar-refractivity contribution is -0.140. The van der Waals surface area contributed by atoms with Gasteiger partial charge in [0.1, 0.15) is 18.4 Å². The topological polar surface area (TPSA) is 86.8 Å². The van der Waals surface area contributed by atoms with Crippen LogP contribution >= 0.6 is 0 Å². The van der Waals surface area contributed by atoms with Crippen LogP contribution in [0, 0.1) is 5.82 Å². The molecule has 0 aliphatic rings. The molecule has 1 N–H and O–H groups in total. The lowest BCUT2D eigenvalue weighted by Crippen LogP contribution is -2.52. The summed E-state index contributed by atoms with van der Waals surface area (Å²) in [6, 6.07) is 21.1. The third-order valence-corrected chi connectivity index (χ3v) is 7.64. The van der Waals surface area contributed by atoms with Gasteiger partial charge in [0.05, 0.1) is 10.6 Å². The van der Waals surface area contributed by atoms with Crippen molar-refractivity contribution in [2.75, 3.05) is 17.4 Å². The van der Waals surface area contributed by atoms with E-state index >= 15 is 0 Å². The Kier molecular flexibility index (Phi) is 9.79. The number of halogens is 1. The molecule has 0 heterocycles. The highest BCUT2D eigenvalue weighted by atomic mass is 32.2. The molecular weight excluding hydrogens is 493 g/mol. The predicted octanol–water partition coefficient (Wildman–Crippen LogP) is 4.35. The van der Waals surface area contributed by atoms with Crippen LogP contribution in [0.1, 0.15) is 32.3 Å². The van der Waals surface area contributed by atoms with E-state index in [2.05, 4.69) is 5.32 Å². The third kappa shape index (κ3) is 7.16. The lowest BCUT2D eigenvalue weighted by atomic mass is 10.1. The summed E-state index contributed by atoms with van der Waals surface area (Å²) in [5, 5.41) is 2.85. The molecule has 0 fully saturated rings. The number of benzene rings is 3. The van der Waals surface area contributed by atoms with Gasteiger partial charge in [0, 0.05) is 13.1 Å². The highest BCUT2D eigenvalue weighted by Gasteiger charge is 2.33. The van der Waals surface area contributed by atoms with E-state index in [0.717, 1.165) is 28.4 Å². The normalized spacial score (nSPS) is 12.0. The van der Waals surface area contributed by atoms with E-state index in [0.29, 0.717) is 13.0 Å². The van der Waals surface area contributed by atoms with Crippen LogP contribution in [0.3, 0.4) is 0 Å². The fraction of sp³-hybridized carbons (Fsp3) is 0.286. The summed E-state index contributed by atoms with van der Waals surface area (Å²) in [6.07, 6.45) is 1.08. The molecule has 0 aromatic heterocycles. The first-order valence-electron chi connectivity index (χ1n) is 12.2. The molecule has 3 rings (SSSR count). The number of hydrogen-bond donors (Lipinski definition) is 1. The van der Waals surface area contributed by atoms with Gasteiger partial charge in [0.25, 0.3) is 10.0 Å². The molecule has 3 aromatic carbocycles. The highest BCUT2D eigenvalue weighted by molar-refractivity contribution is 7.92. The van der Waals surface area contributed by atoms with Crippen LogP contribution in [-0.2, 0) is 26.2 Å². The maximum Gasteiger partial charge on any atom is 0.264 e. The fourth-order valence-corrected chi connectivity index (χ4v) is 5.36. The summed E-state index contributed by atoms with van der Waals surface area (Å²) >= 11 is 0. The van der Waals surface area contributed by atoms with Gasteiger partial charge < -0.3 is 10.2 Å². The van der Waals surface area contributed by atoms with Crippen molar-refractivity contribution in [2.24, 2.45) is 0 Å². The Morgan fingerprint density at radius 3 is 2.05 bits per heavy atom. The van der Waals surface area contributed by atoms with Crippen LogP contribution in [-0.4, -0.2) is 44.3 Å². The second kappa shape index (κ2) is 13.0. The molecule has 196 valence electrons. The number of hydrogen-bond acceptors (Lipinski definition) is 4. The summed E-state index contributed by atoms with van der Waals surface area (Å²) in [5.74, 6) is -1.38. The molecule has 1 atom stereocenters. The van der Waals surface area contributed by atoms with Crippen LogP contribution in [0.4, 0.5) is 10.1 Å². The summed E-state index contributed by atoms with van der Waals surface area (Å²) in [6.45, 7) is 3.77. The minimum absolute atomic E-state index is 0.00513. The number of carbonyl (C=O) groups is 2. The van der Waals surface area contributed by atoms with Gasteiger partial charge in [0.2, 0.25) is 11.8 Å². The average molecular weight is 526 g/mol. The van der Waals surface area contributed by atoms with Gasteiger partial charge in [0.15, 0.2) is 0 Å². The summed E-state index contributed by atoms with van der Waals surface area (Å²) < 4.78 is 41.9. The molecule has 0 bridgehead atoms. The standard InChI is InChI=1S/C28H32FN3O4S/c1-3-19-30-28(34)26(4-2)31(20-22-11-7-5-8-12-22)27(33)21-32(24-17-15-23(29)16-18-24)37(35,36)25-13-9-6-10-14-25/h5-18,26H,3-4,19-21H2,1-2H3,(H,30,34)/t26-/m1/s1. The molecular formula is C28H32FN3O4S. The Labute approximate surface area is 218 Å². The molecule has 37 heavy (non-hydrogen) atoms. The predicted molar refractivity (Wildman–Crippen MR) is 142 cm³/mol. The van der Waals surface area contributed by atoms with Crippen molar-refractivity contribution in [1.82, 2.24) is 10.2 Å². The zero-order chi connectivity index (χ0) is 26.8. The van der Waals surface area contributed by atoms with Crippen molar-refractivity contribution in [3.05, 3.63) is 96.3 Å². The molecule has 9 heteroatoms. The van der Waals surface area contributed by atoms with Gasteiger partial charge in [-0.15, -0.1) is 0 Å². The smallest absolute Gasteiger partial charge is 0.264 e. The van der Waals surface area contributed by atoms with Crippen molar-refractivity contribution < 1.29 is 22.4 Å². The first-order chi connectivity index (χ1) is 17.8. The zero-order valence-corrected chi connectivity index (χ0v) is 21.8. The fourth-order valence-electron chi connectivity index (χ4n) is 3.92. The van der Waals surface area contributed by atoms with E-state index in [1.807, 2.05) is 37.3 Å². The van der Waals surface area contributed by atoms with Gasteiger partial charge in [-0.25, -0.2) is 12.8 Å². The number of nitrogens with one attached hydrogen (secondary N) is 1. The molecule has 2 amide bonds. The van der Waals surface area contributed by atoms with E-state index in [1.54, 1.807) is 25.1 Å². The highest BCUT2D eigenvalue weighted by Crippen LogP contribution is 2.25. The minimum Gasteiger partial charge on any atom is -0.354 e. The van der Waals surface area contributed by atoms with Crippen molar-refractivity contribution in [3.63, 3.8) is 0 Å². The lowest BCUT2D eigenvalue weighted by Gasteiger charge is -2.33. The summed E-state index contributed by atoms with van der Waals surface area (Å²) in [4.78, 5) is 28.2. The SMILES string of the molecule is CCCNC(=O)[C@@H](CC)N(Cc1ccccc1)C(=O)CN(c1ccc(F)cc1)S(=O)(=O)c1ccccc1. The number of carbonyl (C=O) groups excluding carboxylic acids is 2. The molecule has 0 spiro atoms. The van der Waals surface area contributed by atoms with Crippen molar-refractivity contribution in [1.29, 1.82) is 0 Å². The maximum absolute atomic E-state index is 13.8. The molecule has 7 nitrogen and oxygen atoms in total. The number of amides is 2. The van der Waals surface area contributed by atoms with E-state index in [-0.39, 0.29) is 23.0 Å². The van der Waals surface area contributed by atoms with Gasteiger partial charge in [-0.2, -0.15) is 0 Å². The first kappa shape index (κ1) is 27.9. The minimum atomic E-state index is -4.17. The molecule has 0 unspecified atom stereocenters. The number of sulfonamides is 1. The van der Waals surface area contributed by atoms with E-state index < -0.39 is 34.3 Å². The number of rotatable bonds is 12. The van der Waals surface area contributed by atoms with Gasteiger partial charge in [-0.3, -0.25) is 13.9 Å². The van der Waals surface area contributed by atoms with Crippen molar-refractivity contribution >= 4 is 27.5 Å². The summed E-state index contributed by atoms with van der Waals surface area (Å²) in [5.41, 5.74) is 0.943. The second-order valence-electron chi connectivity index (χ2n) is 8.52. The molecule has 0 aliphatic heterocycles. The van der Waals surface area contributed by atoms with Crippen molar-refractivity contribution in [3.8, 4) is 0 Å².